The maximum absolute atomic E-state index is 9.38. The van der Waals surface area contributed by atoms with Crippen LogP contribution in [0.15, 0.2) is 36.4 Å². The molecule has 0 saturated carbocycles. The molecule has 168 valence electrons. The van der Waals surface area contributed by atoms with Crippen molar-refractivity contribution in [2.75, 3.05) is 22.9 Å². The van der Waals surface area contributed by atoms with E-state index in [-0.39, 0.29) is 0 Å². The number of nitrogens with zero attached hydrogens (tertiary/aromatic N) is 2. The first kappa shape index (κ1) is 23.4. The zero-order chi connectivity index (χ0) is 22.9. The van der Waals surface area contributed by atoms with Gasteiger partial charge >= 0.3 is 0 Å². The first-order chi connectivity index (χ1) is 14.6. The molecule has 1 fully saturated rings. The lowest BCUT2D eigenvalue weighted by atomic mass is 9.90. The van der Waals surface area contributed by atoms with E-state index in [2.05, 4.69) is 102 Å². The average Bonchev–Trinajstić information content (AvgIpc) is 2.72. The quantitative estimate of drug-likeness (QED) is 0.517. The summed E-state index contributed by atoms with van der Waals surface area (Å²) in [6, 6.07) is 13.4. The van der Waals surface area contributed by atoms with Crippen LogP contribution in [0.2, 0.25) is 0 Å². The maximum atomic E-state index is 9.38. The molecule has 0 bridgehead atoms. The number of benzene rings is 2. The summed E-state index contributed by atoms with van der Waals surface area (Å²) >= 11 is 0. The van der Waals surface area contributed by atoms with Gasteiger partial charge in [0, 0.05) is 13.1 Å². The summed E-state index contributed by atoms with van der Waals surface area (Å²) in [5, 5.41) is 9.38. The summed E-state index contributed by atoms with van der Waals surface area (Å²) in [5.41, 5.74) is 7.90. The van der Waals surface area contributed by atoms with Crippen molar-refractivity contribution in [1.29, 1.82) is 5.41 Å². The van der Waals surface area contributed by atoms with E-state index in [0.717, 1.165) is 19.5 Å². The Morgan fingerprint density at radius 2 is 0.871 bits per heavy atom. The van der Waals surface area contributed by atoms with Gasteiger partial charge in [-0.05, 0) is 52.3 Å². The number of nitrogens with one attached hydrogen (secondary N) is 1. The molecule has 1 heterocycles. The van der Waals surface area contributed by atoms with Crippen LogP contribution in [0.1, 0.15) is 108 Å². The summed E-state index contributed by atoms with van der Waals surface area (Å²) in [4.78, 5) is 4.57. The van der Waals surface area contributed by atoms with Gasteiger partial charge in [0.15, 0.2) is 0 Å². The highest BCUT2D eigenvalue weighted by molar-refractivity contribution is 6.07. The largest absolute Gasteiger partial charge is 0.312 e. The van der Waals surface area contributed by atoms with Crippen molar-refractivity contribution >= 4 is 17.3 Å². The van der Waals surface area contributed by atoms with Gasteiger partial charge in [-0.3, -0.25) is 5.41 Å². The molecular weight excluding hydrogens is 378 g/mol. The molecule has 1 aliphatic heterocycles. The second-order valence-corrected chi connectivity index (χ2v) is 10.2. The van der Waals surface area contributed by atoms with E-state index < -0.39 is 0 Å². The Bertz CT molecular complexity index is 798. The topological polar surface area (TPSA) is 30.3 Å². The monoisotopic (exact) mass is 419 g/mol. The summed E-state index contributed by atoms with van der Waals surface area (Å²) in [6.45, 7) is 19.9. The van der Waals surface area contributed by atoms with Gasteiger partial charge in [-0.15, -0.1) is 0 Å². The molecule has 0 aromatic heterocycles. The molecule has 0 atom stereocenters. The van der Waals surface area contributed by atoms with Crippen molar-refractivity contribution in [1.82, 2.24) is 0 Å². The fourth-order valence-corrected chi connectivity index (χ4v) is 4.83. The second-order valence-electron chi connectivity index (χ2n) is 10.2. The van der Waals surface area contributed by atoms with Gasteiger partial charge in [-0.25, -0.2) is 0 Å². The van der Waals surface area contributed by atoms with Crippen LogP contribution >= 0.6 is 0 Å². The normalized spacial score (nSPS) is 15.2. The molecule has 0 unspecified atom stereocenters. The predicted molar refractivity (Wildman–Crippen MR) is 136 cm³/mol. The Kier molecular flexibility index (Phi) is 7.13. The van der Waals surface area contributed by atoms with Gasteiger partial charge in [0.05, 0.1) is 11.4 Å². The molecule has 3 rings (SSSR count). The van der Waals surface area contributed by atoms with Crippen LogP contribution < -0.4 is 9.80 Å². The van der Waals surface area contributed by atoms with E-state index in [1.807, 2.05) is 0 Å². The average molecular weight is 420 g/mol. The van der Waals surface area contributed by atoms with Crippen molar-refractivity contribution < 1.29 is 0 Å². The Hall–Kier alpha value is -2.29. The lowest BCUT2D eigenvalue weighted by Gasteiger charge is -2.42. The first-order valence-corrected chi connectivity index (χ1v) is 12.0. The number of hydrogen-bond donors (Lipinski definition) is 1. The third kappa shape index (κ3) is 4.51. The molecule has 1 saturated heterocycles. The van der Waals surface area contributed by atoms with Crippen LogP contribution in [-0.4, -0.2) is 19.0 Å². The highest BCUT2D eigenvalue weighted by Crippen LogP contribution is 2.40. The smallest absolute Gasteiger partial charge is 0.202 e. The fraction of sp³-hybridized carbons (Fsp3) is 0.536. The van der Waals surface area contributed by atoms with E-state index in [1.54, 1.807) is 0 Å². The van der Waals surface area contributed by atoms with Crippen molar-refractivity contribution in [3.63, 3.8) is 0 Å². The van der Waals surface area contributed by atoms with Gasteiger partial charge < -0.3 is 9.80 Å². The molecule has 3 heteroatoms. The minimum absolute atomic E-state index is 0.422. The molecule has 2 aromatic carbocycles. The minimum Gasteiger partial charge on any atom is -0.312 e. The standard InChI is InChI=1S/C28H41N3/c1-18(2)22-12-9-13-23(19(3)4)26(22)30-16-11-17-31(28(30)29)27-24(20(5)6)14-10-15-25(27)21(7)8/h9-10,12-15,18-21,29H,11,16-17H2,1-8H3. The van der Waals surface area contributed by atoms with Gasteiger partial charge in [-0.1, -0.05) is 91.8 Å². The molecule has 0 radical (unpaired) electrons. The van der Waals surface area contributed by atoms with Gasteiger partial charge in [0.25, 0.3) is 0 Å². The number of hydrogen-bond acceptors (Lipinski definition) is 1. The Labute approximate surface area is 190 Å². The number of guanidine groups is 1. The Morgan fingerprint density at radius 3 is 1.13 bits per heavy atom. The highest BCUT2D eigenvalue weighted by Gasteiger charge is 2.31. The van der Waals surface area contributed by atoms with Gasteiger partial charge in [0.2, 0.25) is 5.96 Å². The van der Waals surface area contributed by atoms with Crippen LogP contribution in [0.4, 0.5) is 11.4 Å². The van der Waals surface area contributed by atoms with Crippen molar-refractivity contribution in [2.45, 2.75) is 85.5 Å². The lowest BCUT2D eigenvalue weighted by molar-refractivity contribution is 0.724. The zero-order valence-corrected chi connectivity index (χ0v) is 20.8. The number of para-hydroxylation sites is 2. The van der Waals surface area contributed by atoms with Gasteiger partial charge in [-0.2, -0.15) is 0 Å². The molecule has 0 amide bonds. The van der Waals surface area contributed by atoms with E-state index >= 15 is 0 Å². The number of anilines is 2. The van der Waals surface area contributed by atoms with Crippen LogP contribution in [0.25, 0.3) is 0 Å². The van der Waals surface area contributed by atoms with Crippen LogP contribution in [0.3, 0.4) is 0 Å². The molecular formula is C28H41N3. The summed E-state index contributed by atoms with van der Waals surface area (Å²) in [5.74, 6) is 2.31. The van der Waals surface area contributed by atoms with E-state index in [1.165, 1.54) is 33.6 Å². The molecule has 0 spiro atoms. The molecule has 2 aromatic rings. The zero-order valence-electron chi connectivity index (χ0n) is 20.8. The maximum Gasteiger partial charge on any atom is 0.202 e. The van der Waals surface area contributed by atoms with Crippen LogP contribution in [-0.2, 0) is 0 Å². The van der Waals surface area contributed by atoms with Crippen molar-refractivity contribution in [3.05, 3.63) is 58.7 Å². The minimum atomic E-state index is 0.422. The molecule has 1 aliphatic rings. The summed E-state index contributed by atoms with van der Waals surface area (Å²) in [6.07, 6.45) is 1.05. The fourth-order valence-electron chi connectivity index (χ4n) is 4.83. The summed E-state index contributed by atoms with van der Waals surface area (Å²) in [7, 11) is 0. The predicted octanol–water partition coefficient (Wildman–Crippen LogP) is 7.83. The van der Waals surface area contributed by atoms with Crippen molar-refractivity contribution in [2.24, 2.45) is 0 Å². The second kappa shape index (κ2) is 9.46. The van der Waals surface area contributed by atoms with Crippen molar-refractivity contribution in [3.8, 4) is 0 Å². The molecule has 31 heavy (non-hydrogen) atoms. The molecule has 0 aliphatic carbocycles. The SMILES string of the molecule is CC(C)c1cccc(C(C)C)c1N1CCCN(c2c(C(C)C)cccc2C(C)C)C1=N. The third-order valence-electron chi connectivity index (χ3n) is 6.50. The first-order valence-electron chi connectivity index (χ1n) is 12.0. The van der Waals surface area contributed by atoms with Crippen LogP contribution in [0.5, 0.6) is 0 Å². The van der Waals surface area contributed by atoms with E-state index in [4.69, 9.17) is 0 Å². The van der Waals surface area contributed by atoms with E-state index in [0.29, 0.717) is 29.6 Å². The van der Waals surface area contributed by atoms with E-state index in [9.17, 15) is 5.41 Å². The third-order valence-corrected chi connectivity index (χ3v) is 6.50. The summed E-state index contributed by atoms with van der Waals surface area (Å²) < 4.78 is 0. The van der Waals surface area contributed by atoms with Crippen LogP contribution in [0, 0.1) is 5.41 Å². The van der Waals surface area contributed by atoms with Gasteiger partial charge in [0.1, 0.15) is 0 Å². The lowest BCUT2D eigenvalue weighted by Crippen LogP contribution is -2.51. The number of rotatable bonds is 6. The highest BCUT2D eigenvalue weighted by atomic mass is 15.4. The molecule has 3 nitrogen and oxygen atoms in total. The Morgan fingerprint density at radius 1 is 0.581 bits per heavy atom. The Balaban J connectivity index is 2.16. The molecule has 1 N–H and O–H groups in total.